The third-order valence-electron chi connectivity index (χ3n) is 2.81. The van der Waals surface area contributed by atoms with Crippen molar-refractivity contribution in [2.24, 2.45) is 0 Å². The highest BCUT2D eigenvalue weighted by Crippen LogP contribution is 2.27. The molecule has 2 aromatic heterocycles. The maximum Gasteiger partial charge on any atom is 0.132 e. The molecule has 0 aliphatic carbocycles. The maximum atomic E-state index is 4.41. The molecule has 0 amide bonds. The van der Waals surface area contributed by atoms with Gasteiger partial charge in [-0.05, 0) is 25.0 Å². The van der Waals surface area contributed by atoms with Crippen molar-refractivity contribution in [3.8, 4) is 11.3 Å². The smallest absolute Gasteiger partial charge is 0.132 e. The van der Waals surface area contributed by atoms with E-state index in [1.54, 1.807) is 12.5 Å². The summed E-state index contributed by atoms with van der Waals surface area (Å²) in [6.45, 7) is 4.16. The quantitative estimate of drug-likeness (QED) is 0.876. The van der Waals surface area contributed by atoms with Crippen molar-refractivity contribution in [3.05, 3.63) is 35.9 Å². The van der Waals surface area contributed by atoms with Gasteiger partial charge in [0.25, 0.3) is 0 Å². The van der Waals surface area contributed by atoms with Crippen LogP contribution >= 0.6 is 0 Å². The molecular weight excluding hydrogens is 212 g/mol. The van der Waals surface area contributed by atoms with Crippen molar-refractivity contribution in [1.29, 1.82) is 0 Å². The van der Waals surface area contributed by atoms with Gasteiger partial charge in [-0.1, -0.05) is 6.92 Å². The third-order valence-corrected chi connectivity index (χ3v) is 2.81. The lowest BCUT2D eigenvalue weighted by molar-refractivity contribution is 1.05. The molecule has 0 atom stereocenters. The molecule has 17 heavy (non-hydrogen) atoms. The van der Waals surface area contributed by atoms with Crippen molar-refractivity contribution in [3.63, 3.8) is 0 Å². The number of pyridine rings is 1. The maximum absolute atomic E-state index is 4.41. The van der Waals surface area contributed by atoms with E-state index in [9.17, 15) is 0 Å². The van der Waals surface area contributed by atoms with Gasteiger partial charge in [-0.3, -0.25) is 4.98 Å². The molecule has 0 aliphatic heterocycles. The average Bonchev–Trinajstić information content (AvgIpc) is 2.38. The van der Waals surface area contributed by atoms with Crippen LogP contribution in [0.25, 0.3) is 11.3 Å². The molecule has 0 saturated heterocycles. The van der Waals surface area contributed by atoms with Crippen LogP contribution < -0.4 is 5.32 Å². The van der Waals surface area contributed by atoms with Crippen LogP contribution in [-0.4, -0.2) is 22.0 Å². The van der Waals surface area contributed by atoms with Gasteiger partial charge >= 0.3 is 0 Å². The summed E-state index contributed by atoms with van der Waals surface area (Å²) >= 11 is 0. The van der Waals surface area contributed by atoms with Crippen molar-refractivity contribution in [1.82, 2.24) is 15.0 Å². The molecule has 0 unspecified atom stereocenters. The molecule has 0 bridgehead atoms. The van der Waals surface area contributed by atoms with Crippen LogP contribution in [0.1, 0.15) is 18.1 Å². The second kappa shape index (κ2) is 4.91. The van der Waals surface area contributed by atoms with Crippen LogP contribution in [0.15, 0.2) is 24.8 Å². The normalized spacial score (nSPS) is 10.3. The molecule has 0 radical (unpaired) electrons. The van der Waals surface area contributed by atoms with Crippen molar-refractivity contribution < 1.29 is 0 Å². The van der Waals surface area contributed by atoms with Crippen LogP contribution in [0.5, 0.6) is 0 Å². The van der Waals surface area contributed by atoms with E-state index in [0.717, 1.165) is 34.6 Å². The summed E-state index contributed by atoms with van der Waals surface area (Å²) in [7, 11) is 1.88. The van der Waals surface area contributed by atoms with Gasteiger partial charge in [-0.2, -0.15) is 0 Å². The minimum Gasteiger partial charge on any atom is -0.373 e. The Morgan fingerprint density at radius 1 is 1.29 bits per heavy atom. The topological polar surface area (TPSA) is 50.7 Å². The van der Waals surface area contributed by atoms with Crippen LogP contribution in [0.3, 0.4) is 0 Å². The molecule has 0 aliphatic rings. The van der Waals surface area contributed by atoms with E-state index in [2.05, 4.69) is 27.2 Å². The number of nitrogens with zero attached hydrogens (tertiary/aromatic N) is 3. The lowest BCUT2D eigenvalue weighted by Gasteiger charge is -2.12. The van der Waals surface area contributed by atoms with Gasteiger partial charge in [0.2, 0.25) is 0 Å². The Balaban J connectivity index is 2.63. The van der Waals surface area contributed by atoms with E-state index in [1.807, 2.05) is 26.2 Å². The van der Waals surface area contributed by atoms with Gasteiger partial charge in [-0.15, -0.1) is 0 Å². The second-order valence-corrected chi connectivity index (χ2v) is 3.84. The van der Waals surface area contributed by atoms with E-state index >= 15 is 0 Å². The van der Waals surface area contributed by atoms with Crippen LogP contribution in [0, 0.1) is 6.92 Å². The Morgan fingerprint density at radius 3 is 2.76 bits per heavy atom. The Morgan fingerprint density at radius 2 is 2.12 bits per heavy atom. The van der Waals surface area contributed by atoms with Gasteiger partial charge in [-0.25, -0.2) is 9.97 Å². The van der Waals surface area contributed by atoms with E-state index in [4.69, 9.17) is 0 Å². The van der Waals surface area contributed by atoms with Crippen molar-refractivity contribution >= 4 is 5.82 Å². The van der Waals surface area contributed by atoms with Gasteiger partial charge < -0.3 is 5.32 Å². The van der Waals surface area contributed by atoms with Gasteiger partial charge in [0.15, 0.2) is 0 Å². The molecule has 1 N–H and O–H groups in total. The molecule has 0 spiro atoms. The summed E-state index contributed by atoms with van der Waals surface area (Å²) in [5.74, 6) is 0.897. The zero-order valence-electron chi connectivity index (χ0n) is 10.4. The number of aryl methyl sites for hydroxylation is 1. The Labute approximate surface area is 101 Å². The van der Waals surface area contributed by atoms with Crippen LogP contribution in [0.2, 0.25) is 0 Å². The van der Waals surface area contributed by atoms with E-state index < -0.39 is 0 Å². The highest BCUT2D eigenvalue weighted by Gasteiger charge is 2.12. The average molecular weight is 228 g/mol. The highest BCUT2D eigenvalue weighted by atomic mass is 15.0. The van der Waals surface area contributed by atoms with E-state index in [1.165, 1.54) is 0 Å². The first-order chi connectivity index (χ1) is 8.27. The summed E-state index contributed by atoms with van der Waals surface area (Å²) < 4.78 is 0. The monoisotopic (exact) mass is 228 g/mol. The molecule has 2 aromatic rings. The first kappa shape index (κ1) is 11.5. The molecular formula is C13H16N4. The summed E-state index contributed by atoms with van der Waals surface area (Å²) in [4.78, 5) is 12.8. The minimum absolute atomic E-state index is 0.897. The minimum atomic E-state index is 0.897. The van der Waals surface area contributed by atoms with Crippen LogP contribution in [-0.2, 0) is 6.42 Å². The van der Waals surface area contributed by atoms with Gasteiger partial charge in [0, 0.05) is 30.6 Å². The highest BCUT2D eigenvalue weighted by molar-refractivity contribution is 5.70. The molecule has 0 fully saturated rings. The molecule has 4 nitrogen and oxygen atoms in total. The fraction of sp³-hybridized carbons (Fsp3) is 0.308. The number of hydrogen-bond donors (Lipinski definition) is 1. The van der Waals surface area contributed by atoms with Crippen molar-refractivity contribution in [2.75, 3.05) is 12.4 Å². The zero-order chi connectivity index (χ0) is 12.3. The Bertz CT molecular complexity index is 523. The number of aromatic nitrogens is 3. The lowest BCUT2D eigenvalue weighted by Crippen LogP contribution is -2.02. The first-order valence-electron chi connectivity index (χ1n) is 5.70. The predicted octanol–water partition coefficient (Wildman–Crippen LogP) is 2.45. The molecule has 2 rings (SSSR count). The fourth-order valence-electron chi connectivity index (χ4n) is 1.93. The summed E-state index contributed by atoms with van der Waals surface area (Å²) in [5.41, 5.74) is 4.38. The lowest BCUT2D eigenvalue weighted by atomic mass is 10.0. The number of rotatable bonds is 3. The largest absolute Gasteiger partial charge is 0.373 e. The van der Waals surface area contributed by atoms with Crippen molar-refractivity contribution in [2.45, 2.75) is 20.3 Å². The first-order valence-corrected chi connectivity index (χ1v) is 5.70. The summed E-state index contributed by atoms with van der Waals surface area (Å²) in [6.07, 6.45) is 6.15. The fourth-order valence-corrected chi connectivity index (χ4v) is 1.93. The third kappa shape index (κ3) is 2.11. The zero-order valence-corrected chi connectivity index (χ0v) is 10.4. The Kier molecular flexibility index (Phi) is 3.32. The van der Waals surface area contributed by atoms with E-state index in [0.29, 0.717) is 0 Å². The number of nitrogens with one attached hydrogen (secondary N) is 1. The van der Waals surface area contributed by atoms with Gasteiger partial charge in [0.05, 0.1) is 5.69 Å². The molecule has 88 valence electrons. The summed E-state index contributed by atoms with van der Waals surface area (Å²) in [5, 5.41) is 3.11. The molecule has 0 aromatic carbocycles. The second-order valence-electron chi connectivity index (χ2n) is 3.84. The molecule has 4 heteroatoms. The van der Waals surface area contributed by atoms with Crippen LogP contribution in [0.4, 0.5) is 5.82 Å². The molecule has 0 saturated carbocycles. The number of anilines is 1. The summed E-state index contributed by atoms with van der Waals surface area (Å²) in [6, 6.07) is 2.00. The Hall–Kier alpha value is -1.97. The standard InChI is InChI=1S/C13H16N4/c1-4-10-12(16-8-17-13(10)14-3)11-5-6-15-7-9(11)2/h5-8H,4H2,1-3H3,(H,14,16,17). The van der Waals surface area contributed by atoms with Gasteiger partial charge in [0.1, 0.15) is 12.1 Å². The SMILES string of the molecule is CCc1c(NC)ncnc1-c1ccncc1C. The number of hydrogen-bond acceptors (Lipinski definition) is 4. The predicted molar refractivity (Wildman–Crippen MR) is 68.9 cm³/mol. The van der Waals surface area contributed by atoms with E-state index in [-0.39, 0.29) is 0 Å². The molecule has 2 heterocycles.